The van der Waals surface area contributed by atoms with Gasteiger partial charge in [0.25, 0.3) is 0 Å². The summed E-state index contributed by atoms with van der Waals surface area (Å²) >= 11 is 1.76. The predicted molar refractivity (Wildman–Crippen MR) is 76.8 cm³/mol. The molecular weight excluding hydrogens is 290 g/mol. The number of hydrogen-bond donors (Lipinski definition) is 1. The summed E-state index contributed by atoms with van der Waals surface area (Å²) in [4.78, 5) is 40.5. The minimum absolute atomic E-state index is 0.228. The number of thiophene rings is 1. The van der Waals surface area contributed by atoms with Gasteiger partial charge in [-0.2, -0.15) is 0 Å². The van der Waals surface area contributed by atoms with Crippen molar-refractivity contribution in [1.82, 2.24) is 9.80 Å². The first kappa shape index (κ1) is 14.2. The molecule has 1 aromatic rings. The van der Waals surface area contributed by atoms with Gasteiger partial charge < -0.3 is 4.90 Å². The highest BCUT2D eigenvalue weighted by molar-refractivity contribution is 7.10. The fourth-order valence-electron chi connectivity index (χ4n) is 3.04. The van der Waals surface area contributed by atoms with Crippen LogP contribution in [0, 0.1) is 0 Å². The largest absolute Gasteiger partial charge is 0.338 e. The van der Waals surface area contributed by atoms with Gasteiger partial charge in [0.05, 0.1) is 6.54 Å². The zero-order valence-corrected chi connectivity index (χ0v) is 12.9. The van der Waals surface area contributed by atoms with Gasteiger partial charge in [0.1, 0.15) is 6.04 Å². The molecule has 4 amide bonds. The van der Waals surface area contributed by atoms with Crippen molar-refractivity contribution < 1.29 is 19.3 Å². The topological polar surface area (TPSA) is 62.1 Å². The molecule has 0 aliphatic carbocycles. The van der Waals surface area contributed by atoms with E-state index >= 15 is 0 Å². The van der Waals surface area contributed by atoms with E-state index in [1.807, 2.05) is 0 Å². The molecule has 0 saturated carbocycles. The second-order valence-electron chi connectivity index (χ2n) is 5.40. The maximum Gasteiger partial charge on any atom is 0.338 e. The van der Waals surface area contributed by atoms with Gasteiger partial charge in [-0.3, -0.25) is 14.5 Å². The first-order chi connectivity index (χ1) is 10.0. The van der Waals surface area contributed by atoms with E-state index in [1.54, 1.807) is 18.3 Å². The van der Waals surface area contributed by atoms with E-state index in [4.69, 9.17) is 0 Å². The number of imide groups is 2. The van der Waals surface area contributed by atoms with Gasteiger partial charge in [0, 0.05) is 23.4 Å². The van der Waals surface area contributed by atoms with Crippen molar-refractivity contribution >= 4 is 29.2 Å². The molecule has 21 heavy (non-hydrogen) atoms. The van der Waals surface area contributed by atoms with Crippen LogP contribution in [-0.4, -0.2) is 47.4 Å². The van der Waals surface area contributed by atoms with Crippen LogP contribution in [0.2, 0.25) is 0 Å². The molecule has 1 fully saturated rings. The highest BCUT2D eigenvalue weighted by atomic mass is 32.1. The van der Waals surface area contributed by atoms with Crippen LogP contribution >= 0.6 is 11.3 Å². The van der Waals surface area contributed by atoms with Crippen LogP contribution in [0.4, 0.5) is 4.79 Å². The molecule has 0 bridgehead atoms. The Balaban J connectivity index is 1.77. The van der Waals surface area contributed by atoms with E-state index in [0.29, 0.717) is 0 Å². The van der Waals surface area contributed by atoms with E-state index < -0.39 is 17.8 Å². The number of rotatable bonds is 3. The summed E-state index contributed by atoms with van der Waals surface area (Å²) < 4.78 is 0. The van der Waals surface area contributed by atoms with Gasteiger partial charge in [0.15, 0.2) is 6.67 Å². The molecule has 2 aliphatic rings. The molecule has 0 spiro atoms. The molecule has 1 saturated heterocycles. The summed E-state index contributed by atoms with van der Waals surface area (Å²) in [6, 6.07) is 1.86. The number of carbonyl (C=O) groups is 3. The van der Waals surface area contributed by atoms with Gasteiger partial charge in [-0.25, -0.2) is 9.69 Å². The second kappa shape index (κ2) is 5.23. The van der Waals surface area contributed by atoms with Gasteiger partial charge in [-0.15, -0.1) is 11.3 Å². The number of carbonyl (C=O) groups excluding carboxylic acids is 3. The zero-order chi connectivity index (χ0) is 15.1. The van der Waals surface area contributed by atoms with Crippen LogP contribution in [0.1, 0.15) is 30.3 Å². The fourth-order valence-corrected chi connectivity index (χ4v) is 4.02. The fraction of sp³-hybridized carbons (Fsp3) is 0.500. The molecule has 6 nitrogen and oxygen atoms in total. The Hall–Kier alpha value is -1.73. The lowest BCUT2D eigenvalue weighted by Crippen LogP contribution is -3.14. The zero-order valence-electron chi connectivity index (χ0n) is 12.1. The van der Waals surface area contributed by atoms with Crippen LogP contribution in [0.3, 0.4) is 0 Å². The maximum atomic E-state index is 12.1. The Morgan fingerprint density at radius 1 is 1.29 bits per heavy atom. The Kier molecular flexibility index (Phi) is 3.54. The average Bonchev–Trinajstić information content (AvgIpc) is 3.02. The van der Waals surface area contributed by atoms with Gasteiger partial charge in [0.2, 0.25) is 0 Å². The highest BCUT2D eigenvalue weighted by Gasteiger charge is 2.46. The van der Waals surface area contributed by atoms with Crippen LogP contribution in [0.5, 0.6) is 0 Å². The number of quaternary nitrogens is 1. The second-order valence-corrected chi connectivity index (χ2v) is 6.40. The lowest BCUT2D eigenvalue weighted by molar-refractivity contribution is -0.938. The van der Waals surface area contributed by atoms with Gasteiger partial charge >= 0.3 is 17.8 Å². The number of amides is 4. The predicted octanol–water partition coefficient (Wildman–Crippen LogP) is 0.0183. The molecular formula is C14H18N3O3S+. The minimum Gasteiger partial charge on any atom is -0.311 e. The van der Waals surface area contributed by atoms with E-state index in [2.05, 4.69) is 18.4 Å². The monoisotopic (exact) mass is 308 g/mol. The SMILES string of the molecule is CCN1C(=O)C(=O)N(C[NH+]2CCc3sccc3[C@@H]2C)C1=O. The molecule has 0 radical (unpaired) electrons. The van der Waals surface area contributed by atoms with Crippen LogP contribution in [-0.2, 0) is 16.0 Å². The molecule has 2 atom stereocenters. The van der Waals surface area contributed by atoms with Crippen molar-refractivity contribution in [3.8, 4) is 0 Å². The normalized spacial score (nSPS) is 25.7. The average molecular weight is 308 g/mol. The van der Waals surface area contributed by atoms with Crippen LogP contribution < -0.4 is 4.90 Å². The van der Waals surface area contributed by atoms with Crippen molar-refractivity contribution in [2.75, 3.05) is 19.8 Å². The molecule has 1 aromatic heterocycles. The molecule has 3 heterocycles. The molecule has 2 aliphatic heterocycles. The molecule has 3 rings (SSSR count). The first-order valence-corrected chi connectivity index (χ1v) is 8.00. The summed E-state index contributed by atoms with van der Waals surface area (Å²) in [5.41, 5.74) is 1.29. The third kappa shape index (κ3) is 2.16. The minimum atomic E-state index is -0.706. The number of likely N-dealkylation sites (N-methyl/N-ethyl adjacent to an activating group) is 1. The van der Waals surface area contributed by atoms with E-state index in [-0.39, 0.29) is 19.3 Å². The molecule has 7 heteroatoms. The third-order valence-electron chi connectivity index (χ3n) is 4.34. The summed E-state index contributed by atoms with van der Waals surface area (Å²) in [6.45, 7) is 5.16. The quantitative estimate of drug-likeness (QED) is 0.632. The van der Waals surface area contributed by atoms with Gasteiger partial charge in [-0.05, 0) is 25.3 Å². The standard InChI is InChI=1S/C14H17N3O3S/c1-3-16-12(18)13(19)17(14(16)20)8-15-6-4-11-10(9(15)2)5-7-21-11/h5,7,9H,3-4,6,8H2,1-2H3/p+1/t9-/m0/s1. The maximum absolute atomic E-state index is 12.1. The lowest BCUT2D eigenvalue weighted by atomic mass is 10.0. The Morgan fingerprint density at radius 3 is 2.67 bits per heavy atom. The van der Waals surface area contributed by atoms with Crippen LogP contribution in [0.15, 0.2) is 11.4 Å². The Labute approximate surface area is 126 Å². The third-order valence-corrected chi connectivity index (χ3v) is 5.34. The van der Waals surface area contributed by atoms with Crippen molar-refractivity contribution in [1.29, 1.82) is 0 Å². The van der Waals surface area contributed by atoms with Crippen molar-refractivity contribution in [2.45, 2.75) is 26.3 Å². The van der Waals surface area contributed by atoms with E-state index in [0.717, 1.165) is 27.7 Å². The molecule has 1 unspecified atom stereocenters. The highest BCUT2D eigenvalue weighted by Crippen LogP contribution is 2.24. The number of hydrogen-bond acceptors (Lipinski definition) is 4. The van der Waals surface area contributed by atoms with E-state index in [9.17, 15) is 14.4 Å². The number of nitrogens with one attached hydrogen (secondary N) is 1. The Bertz CT molecular complexity index is 612. The van der Waals surface area contributed by atoms with Gasteiger partial charge in [-0.1, -0.05) is 0 Å². The molecule has 0 aromatic carbocycles. The smallest absolute Gasteiger partial charge is 0.311 e. The summed E-state index contributed by atoms with van der Waals surface area (Å²) in [5.74, 6) is -1.40. The molecule has 112 valence electrons. The van der Waals surface area contributed by atoms with E-state index in [1.165, 1.54) is 10.4 Å². The lowest BCUT2D eigenvalue weighted by Gasteiger charge is -2.32. The van der Waals surface area contributed by atoms with Crippen molar-refractivity contribution in [3.05, 3.63) is 21.9 Å². The Morgan fingerprint density at radius 2 is 2.00 bits per heavy atom. The number of urea groups is 1. The summed E-state index contributed by atoms with van der Waals surface area (Å²) in [6.07, 6.45) is 0.953. The molecule has 1 N–H and O–H groups in total. The van der Waals surface area contributed by atoms with Crippen molar-refractivity contribution in [2.24, 2.45) is 0 Å². The summed E-state index contributed by atoms with van der Waals surface area (Å²) in [7, 11) is 0. The number of nitrogens with zero attached hydrogens (tertiary/aromatic N) is 2. The number of fused-ring (bicyclic) bond motifs is 1. The summed E-state index contributed by atoms with van der Waals surface area (Å²) in [5, 5.41) is 2.08. The first-order valence-electron chi connectivity index (χ1n) is 7.12. The van der Waals surface area contributed by atoms with Crippen molar-refractivity contribution in [3.63, 3.8) is 0 Å². The van der Waals surface area contributed by atoms with Crippen LogP contribution in [0.25, 0.3) is 0 Å².